The Morgan fingerprint density at radius 1 is 1.08 bits per heavy atom. The Morgan fingerprint density at radius 2 is 1.81 bits per heavy atom. The summed E-state index contributed by atoms with van der Waals surface area (Å²) in [7, 11) is 0. The van der Waals surface area contributed by atoms with E-state index >= 15 is 0 Å². The molecule has 0 atom stereocenters. The summed E-state index contributed by atoms with van der Waals surface area (Å²) in [6.07, 6.45) is 0. The van der Waals surface area contributed by atoms with Gasteiger partial charge >= 0.3 is 5.63 Å². The molecule has 134 valence electrons. The van der Waals surface area contributed by atoms with Gasteiger partial charge in [0.2, 0.25) is 0 Å². The normalized spacial score (nSPS) is 15.4. The fourth-order valence-electron chi connectivity index (χ4n) is 3.66. The van der Waals surface area contributed by atoms with E-state index in [0.29, 0.717) is 36.5 Å². The highest BCUT2D eigenvalue weighted by Crippen LogP contribution is 2.31. The molecule has 0 spiro atoms. The molecule has 1 aliphatic rings. The van der Waals surface area contributed by atoms with Gasteiger partial charge in [-0.25, -0.2) is 4.79 Å². The van der Waals surface area contributed by atoms with E-state index in [2.05, 4.69) is 0 Å². The highest BCUT2D eigenvalue weighted by Gasteiger charge is 2.22. The summed E-state index contributed by atoms with van der Waals surface area (Å²) < 4.78 is 11.1. The number of hydrogen-bond donors (Lipinski definition) is 2. The summed E-state index contributed by atoms with van der Waals surface area (Å²) >= 11 is 0. The van der Waals surface area contributed by atoms with Crippen LogP contribution in [0.15, 0.2) is 51.7 Å². The van der Waals surface area contributed by atoms with Crippen molar-refractivity contribution in [2.75, 3.05) is 26.3 Å². The highest BCUT2D eigenvalue weighted by atomic mass is 16.5. The SMILES string of the molecule is Cc1c(-c2ccccc2)c(=O)oc2c(C[NH+]3CCOCC3)c(O)ccc12. The van der Waals surface area contributed by atoms with Gasteiger partial charge in [-0.3, -0.25) is 0 Å². The molecule has 0 bridgehead atoms. The molecule has 1 fully saturated rings. The number of phenols is 1. The zero-order chi connectivity index (χ0) is 18.1. The molecule has 5 nitrogen and oxygen atoms in total. The van der Waals surface area contributed by atoms with Gasteiger partial charge in [0, 0.05) is 5.39 Å². The molecule has 5 heteroatoms. The zero-order valence-corrected chi connectivity index (χ0v) is 14.7. The molecule has 4 rings (SSSR count). The second kappa shape index (κ2) is 6.94. The molecule has 2 heterocycles. The number of aryl methyl sites for hydroxylation is 1. The number of morpholine rings is 1. The number of phenolic OH excluding ortho intramolecular Hbond substituents is 1. The highest BCUT2D eigenvalue weighted by molar-refractivity contribution is 5.89. The van der Waals surface area contributed by atoms with E-state index in [-0.39, 0.29) is 11.4 Å². The minimum Gasteiger partial charge on any atom is -0.507 e. The second-order valence-corrected chi connectivity index (χ2v) is 6.73. The molecule has 0 aliphatic carbocycles. The van der Waals surface area contributed by atoms with E-state index in [1.165, 1.54) is 4.90 Å². The number of nitrogens with one attached hydrogen (secondary N) is 1. The van der Waals surface area contributed by atoms with Crippen LogP contribution >= 0.6 is 0 Å². The molecule has 0 unspecified atom stereocenters. The molecule has 0 amide bonds. The molecule has 0 saturated carbocycles. The van der Waals surface area contributed by atoms with Crippen molar-refractivity contribution in [3.05, 3.63) is 64.0 Å². The maximum Gasteiger partial charge on any atom is 0.344 e. The van der Waals surface area contributed by atoms with E-state index in [1.807, 2.05) is 43.3 Å². The molecule has 2 N–H and O–H groups in total. The minimum atomic E-state index is -0.370. The lowest BCUT2D eigenvalue weighted by molar-refractivity contribution is -0.921. The van der Waals surface area contributed by atoms with Crippen LogP contribution in [0.4, 0.5) is 0 Å². The number of hydrogen-bond acceptors (Lipinski definition) is 4. The van der Waals surface area contributed by atoms with Gasteiger partial charge in [-0.2, -0.15) is 0 Å². The van der Waals surface area contributed by atoms with Gasteiger partial charge in [0.05, 0.1) is 24.3 Å². The van der Waals surface area contributed by atoms with E-state index in [0.717, 1.165) is 29.6 Å². The molecule has 1 aromatic heterocycles. The first-order chi connectivity index (χ1) is 12.6. The Morgan fingerprint density at radius 3 is 2.54 bits per heavy atom. The lowest BCUT2D eigenvalue weighted by Crippen LogP contribution is -3.12. The third-order valence-corrected chi connectivity index (χ3v) is 5.10. The van der Waals surface area contributed by atoms with Crippen LogP contribution in [0.3, 0.4) is 0 Å². The largest absolute Gasteiger partial charge is 0.507 e. The van der Waals surface area contributed by atoms with Crippen LogP contribution in [0, 0.1) is 6.92 Å². The monoisotopic (exact) mass is 352 g/mol. The van der Waals surface area contributed by atoms with Crippen molar-refractivity contribution in [2.45, 2.75) is 13.5 Å². The van der Waals surface area contributed by atoms with Gasteiger partial charge in [-0.1, -0.05) is 30.3 Å². The summed E-state index contributed by atoms with van der Waals surface area (Å²) in [6, 6.07) is 13.1. The van der Waals surface area contributed by atoms with Crippen molar-refractivity contribution in [3.8, 4) is 16.9 Å². The first kappa shape index (κ1) is 16.8. The van der Waals surface area contributed by atoms with Crippen LogP contribution in [0.1, 0.15) is 11.1 Å². The molecule has 2 aromatic carbocycles. The van der Waals surface area contributed by atoms with E-state index < -0.39 is 0 Å². The summed E-state index contributed by atoms with van der Waals surface area (Å²) in [5, 5.41) is 11.3. The first-order valence-corrected chi connectivity index (χ1v) is 8.90. The van der Waals surface area contributed by atoms with Gasteiger partial charge in [-0.15, -0.1) is 0 Å². The van der Waals surface area contributed by atoms with Gasteiger partial charge in [0.25, 0.3) is 0 Å². The molecule has 0 radical (unpaired) electrons. The summed E-state index contributed by atoms with van der Waals surface area (Å²) in [4.78, 5) is 14.0. The molecule has 1 aliphatic heterocycles. The maximum atomic E-state index is 12.7. The number of aromatic hydroxyl groups is 1. The molecule has 1 saturated heterocycles. The topological polar surface area (TPSA) is 64.1 Å². The number of quaternary nitrogens is 1. The van der Waals surface area contributed by atoms with Crippen LogP contribution in [-0.4, -0.2) is 31.4 Å². The average molecular weight is 352 g/mol. The minimum absolute atomic E-state index is 0.173. The van der Waals surface area contributed by atoms with Gasteiger partial charge < -0.3 is 19.2 Å². The number of fused-ring (bicyclic) bond motifs is 1. The fourth-order valence-corrected chi connectivity index (χ4v) is 3.66. The van der Waals surface area contributed by atoms with Crippen molar-refractivity contribution in [2.24, 2.45) is 0 Å². The summed E-state index contributed by atoms with van der Waals surface area (Å²) in [5.41, 5.74) is 3.11. The lowest BCUT2D eigenvalue weighted by Gasteiger charge is -2.24. The van der Waals surface area contributed by atoms with Crippen LogP contribution < -0.4 is 10.5 Å². The fraction of sp³-hybridized carbons (Fsp3) is 0.286. The summed E-state index contributed by atoms with van der Waals surface area (Å²) in [5.74, 6) is 0.173. The van der Waals surface area contributed by atoms with E-state index in [9.17, 15) is 9.90 Å². The Hall–Kier alpha value is -2.63. The Kier molecular flexibility index (Phi) is 4.49. The van der Waals surface area contributed by atoms with Crippen LogP contribution in [0.25, 0.3) is 22.1 Å². The number of ether oxygens (including phenoxy) is 1. The Bertz CT molecular complexity index is 988. The summed E-state index contributed by atoms with van der Waals surface area (Å²) in [6.45, 7) is 5.72. The predicted molar refractivity (Wildman–Crippen MR) is 99.5 cm³/mol. The molecular weight excluding hydrogens is 330 g/mol. The van der Waals surface area contributed by atoms with E-state index in [4.69, 9.17) is 9.15 Å². The van der Waals surface area contributed by atoms with Crippen molar-refractivity contribution >= 4 is 11.0 Å². The average Bonchev–Trinajstić information content (AvgIpc) is 2.66. The maximum absolute atomic E-state index is 12.7. The number of benzene rings is 2. The van der Waals surface area contributed by atoms with Gasteiger partial charge in [0.1, 0.15) is 25.4 Å². The van der Waals surface area contributed by atoms with Gasteiger partial charge in [0.15, 0.2) is 5.58 Å². The Labute approximate surface area is 151 Å². The standard InChI is InChI=1S/C21H21NO4/c1-14-16-7-8-18(23)17(13-22-9-11-25-12-10-22)20(16)26-21(24)19(14)15-5-3-2-4-6-15/h2-8,23H,9-13H2,1H3/p+1. The molecule has 3 aromatic rings. The van der Waals surface area contributed by atoms with E-state index in [1.54, 1.807) is 6.07 Å². The third kappa shape index (κ3) is 3.00. The van der Waals surface area contributed by atoms with Crippen molar-refractivity contribution in [3.63, 3.8) is 0 Å². The third-order valence-electron chi connectivity index (χ3n) is 5.10. The quantitative estimate of drug-likeness (QED) is 0.707. The predicted octanol–water partition coefficient (Wildman–Crippen LogP) is 1.89. The van der Waals surface area contributed by atoms with Crippen LogP contribution in [0.5, 0.6) is 5.75 Å². The zero-order valence-electron chi connectivity index (χ0n) is 14.7. The molecule has 26 heavy (non-hydrogen) atoms. The second-order valence-electron chi connectivity index (χ2n) is 6.73. The van der Waals surface area contributed by atoms with Crippen LogP contribution in [-0.2, 0) is 11.3 Å². The lowest BCUT2D eigenvalue weighted by atomic mass is 9.98. The first-order valence-electron chi connectivity index (χ1n) is 8.90. The number of rotatable bonds is 3. The Balaban J connectivity index is 1.86. The van der Waals surface area contributed by atoms with Crippen molar-refractivity contribution in [1.82, 2.24) is 0 Å². The molecular formula is C21H22NO4+. The van der Waals surface area contributed by atoms with Crippen LogP contribution in [0.2, 0.25) is 0 Å². The van der Waals surface area contributed by atoms with Crippen molar-refractivity contribution in [1.29, 1.82) is 0 Å². The van der Waals surface area contributed by atoms with Crippen molar-refractivity contribution < 1.29 is 19.2 Å². The van der Waals surface area contributed by atoms with Gasteiger partial charge in [-0.05, 0) is 30.2 Å². The smallest absolute Gasteiger partial charge is 0.344 e.